The molecule has 0 rings (SSSR count). The Morgan fingerprint density at radius 1 is 1.25 bits per heavy atom. The second kappa shape index (κ2) is 5.48. The first-order valence-electron chi connectivity index (χ1n) is 4.06. The Bertz CT molecular complexity index is 303. The highest BCUT2D eigenvalue weighted by Gasteiger charge is 2.62. The van der Waals surface area contributed by atoms with E-state index in [1.165, 1.54) is 11.8 Å². The molecule has 0 aliphatic carbocycles. The molecule has 1 atom stereocenters. The Hall–Kier alpha value is 0.570. The third kappa shape index (κ3) is 3.29. The average Bonchev–Trinajstić information content (AvgIpc) is 2.08. The van der Waals surface area contributed by atoms with Crippen molar-refractivity contribution in [2.24, 2.45) is 5.73 Å². The van der Waals surface area contributed by atoms with Crippen LogP contribution in [0.1, 0.15) is 6.42 Å². The topological polar surface area (TPSA) is 161 Å². The minimum absolute atomic E-state index is 0.131. The third-order valence-electron chi connectivity index (χ3n) is 1.99. The molecule has 0 heterocycles. The summed E-state index contributed by atoms with van der Waals surface area (Å²) in [6, 6.07) is -1.71. The third-order valence-corrected chi connectivity index (χ3v) is 6.57. The van der Waals surface area contributed by atoms with Gasteiger partial charge in [-0.3, -0.25) is 9.13 Å². The molecule has 0 aromatic heterocycles. The van der Waals surface area contributed by atoms with Crippen molar-refractivity contribution < 1.29 is 33.8 Å². The van der Waals surface area contributed by atoms with Gasteiger partial charge in [0.05, 0.1) is 6.04 Å². The molecule has 98 valence electrons. The second-order valence-electron chi connectivity index (χ2n) is 3.16. The number of hydrogen-bond acceptors (Lipinski definition) is 5. The smallest absolute Gasteiger partial charge is 0.366 e. The molecule has 0 amide bonds. The van der Waals surface area contributed by atoms with Gasteiger partial charge in [0.1, 0.15) is 0 Å². The van der Waals surface area contributed by atoms with E-state index in [-0.39, 0.29) is 6.42 Å². The molecule has 0 aromatic rings. The van der Waals surface area contributed by atoms with Crippen molar-refractivity contribution in [2.45, 2.75) is 17.5 Å². The van der Waals surface area contributed by atoms with Gasteiger partial charge >= 0.3 is 15.2 Å². The number of aliphatic hydroxyl groups is 1. The lowest BCUT2D eigenvalue weighted by Gasteiger charge is -2.34. The van der Waals surface area contributed by atoms with Crippen molar-refractivity contribution in [1.82, 2.24) is 0 Å². The zero-order chi connectivity index (χ0) is 13.2. The highest BCUT2D eigenvalue weighted by Crippen LogP contribution is 2.68. The summed E-state index contributed by atoms with van der Waals surface area (Å²) in [6.07, 6.45) is 1.55. The lowest BCUT2D eigenvalue weighted by molar-refractivity contribution is 0.107. The van der Waals surface area contributed by atoms with Gasteiger partial charge in [-0.1, -0.05) is 0 Å². The zero-order valence-corrected chi connectivity index (χ0v) is 11.0. The summed E-state index contributed by atoms with van der Waals surface area (Å²) < 4.78 is 21.9. The molecule has 0 aliphatic heterocycles. The number of rotatable bonds is 6. The van der Waals surface area contributed by atoms with Gasteiger partial charge in [0.25, 0.3) is 5.08 Å². The van der Waals surface area contributed by atoms with Gasteiger partial charge in [0.2, 0.25) is 0 Å². The molecule has 0 bridgehead atoms. The number of thioether (sulfide) groups is 1. The summed E-state index contributed by atoms with van der Waals surface area (Å²) in [5.41, 5.74) is 5.26. The lowest BCUT2D eigenvalue weighted by atomic mass is 10.2. The molecule has 7 N–H and O–H groups in total. The molecule has 0 aliphatic rings. The van der Waals surface area contributed by atoms with Gasteiger partial charge < -0.3 is 30.4 Å². The molecular formula is C5H15NO7P2S. The minimum Gasteiger partial charge on any atom is -0.366 e. The summed E-state index contributed by atoms with van der Waals surface area (Å²) in [4.78, 5) is 35.3. The van der Waals surface area contributed by atoms with Gasteiger partial charge in [-0.05, 0) is 18.4 Å². The maximum Gasteiger partial charge on any atom is 0.371 e. The first-order chi connectivity index (χ1) is 6.98. The largest absolute Gasteiger partial charge is 0.371 e. The van der Waals surface area contributed by atoms with Crippen molar-refractivity contribution in [3.63, 3.8) is 0 Å². The molecule has 0 aromatic carbocycles. The van der Waals surface area contributed by atoms with E-state index in [1.54, 1.807) is 6.26 Å². The first kappa shape index (κ1) is 16.6. The predicted octanol–water partition coefficient (Wildman–Crippen LogP) is -0.932. The van der Waals surface area contributed by atoms with Crippen LogP contribution in [0.4, 0.5) is 0 Å². The molecule has 0 radical (unpaired) electrons. The Morgan fingerprint density at radius 2 is 1.62 bits per heavy atom. The maximum atomic E-state index is 11.0. The summed E-state index contributed by atoms with van der Waals surface area (Å²) >= 11 is 1.27. The van der Waals surface area contributed by atoms with Crippen LogP contribution in [0.5, 0.6) is 0 Å². The Kier molecular flexibility index (Phi) is 5.67. The van der Waals surface area contributed by atoms with Crippen LogP contribution in [0, 0.1) is 0 Å². The minimum atomic E-state index is -5.45. The first-order valence-corrected chi connectivity index (χ1v) is 8.68. The fraction of sp³-hybridized carbons (Fsp3) is 1.00. The van der Waals surface area contributed by atoms with E-state index in [1.807, 2.05) is 0 Å². The van der Waals surface area contributed by atoms with Crippen molar-refractivity contribution in [1.29, 1.82) is 0 Å². The van der Waals surface area contributed by atoms with E-state index >= 15 is 0 Å². The summed E-state index contributed by atoms with van der Waals surface area (Å²) in [5, 5.41) is 6.00. The van der Waals surface area contributed by atoms with E-state index in [0.29, 0.717) is 5.75 Å². The molecule has 0 fully saturated rings. The highest BCUT2D eigenvalue weighted by atomic mass is 32.2. The zero-order valence-electron chi connectivity index (χ0n) is 8.42. The van der Waals surface area contributed by atoms with Crippen molar-refractivity contribution >= 4 is 27.0 Å². The Balaban J connectivity index is 5.28. The van der Waals surface area contributed by atoms with Crippen LogP contribution in [0.15, 0.2) is 0 Å². The fourth-order valence-corrected chi connectivity index (χ4v) is 4.01. The van der Waals surface area contributed by atoms with Crippen LogP contribution in [-0.2, 0) is 9.13 Å². The van der Waals surface area contributed by atoms with Crippen molar-refractivity contribution in [3.05, 3.63) is 0 Å². The van der Waals surface area contributed by atoms with Gasteiger partial charge in [0.15, 0.2) is 0 Å². The normalized spacial score (nSPS) is 16.2. The van der Waals surface area contributed by atoms with Crippen molar-refractivity contribution in [3.8, 4) is 0 Å². The lowest BCUT2D eigenvalue weighted by Crippen LogP contribution is -2.47. The Morgan fingerprint density at radius 3 is 1.88 bits per heavy atom. The van der Waals surface area contributed by atoms with Gasteiger partial charge in [-0.2, -0.15) is 11.8 Å². The average molecular weight is 295 g/mol. The van der Waals surface area contributed by atoms with E-state index in [9.17, 15) is 14.2 Å². The van der Waals surface area contributed by atoms with Crippen LogP contribution >= 0.6 is 27.0 Å². The Labute approximate surface area is 96.6 Å². The maximum absolute atomic E-state index is 11.0. The number of hydrogen-bond donors (Lipinski definition) is 6. The molecule has 8 nitrogen and oxygen atoms in total. The van der Waals surface area contributed by atoms with E-state index in [4.69, 9.17) is 25.3 Å². The van der Waals surface area contributed by atoms with Gasteiger partial charge in [-0.25, -0.2) is 0 Å². The summed E-state index contributed by atoms with van der Waals surface area (Å²) in [6.45, 7) is 0. The van der Waals surface area contributed by atoms with Gasteiger partial charge in [0, 0.05) is 0 Å². The van der Waals surface area contributed by atoms with Gasteiger partial charge in [-0.15, -0.1) is 0 Å². The van der Waals surface area contributed by atoms with Crippen LogP contribution in [0.2, 0.25) is 0 Å². The van der Waals surface area contributed by atoms with Crippen LogP contribution in [0.3, 0.4) is 0 Å². The molecule has 11 heteroatoms. The van der Waals surface area contributed by atoms with Crippen LogP contribution < -0.4 is 5.73 Å². The van der Waals surface area contributed by atoms with Crippen molar-refractivity contribution in [2.75, 3.05) is 12.0 Å². The second-order valence-corrected chi connectivity index (χ2v) is 8.04. The van der Waals surface area contributed by atoms with E-state index in [2.05, 4.69) is 0 Å². The highest BCUT2D eigenvalue weighted by molar-refractivity contribution is 7.98. The predicted molar refractivity (Wildman–Crippen MR) is 60.0 cm³/mol. The standard InChI is InChI=1S/C5H15NO7P2S/c1-16-3-2-4(6)5(7,14(8,9)10)15(11,12)13/h4,7H,2-3,6H2,1H3,(H2,8,9,10)(H2,11,12,13)/t4-/m0/s1. The molecular weight excluding hydrogens is 280 g/mol. The molecule has 0 saturated carbocycles. The van der Waals surface area contributed by atoms with E-state index in [0.717, 1.165) is 0 Å². The monoisotopic (exact) mass is 295 g/mol. The van der Waals surface area contributed by atoms with Crippen LogP contribution in [0.25, 0.3) is 0 Å². The molecule has 0 unspecified atom stereocenters. The molecule has 0 saturated heterocycles. The van der Waals surface area contributed by atoms with E-state index < -0.39 is 26.3 Å². The molecule has 0 spiro atoms. The quantitative estimate of drug-likeness (QED) is 0.340. The summed E-state index contributed by atoms with van der Waals surface area (Å²) in [7, 11) is -10.9. The number of nitrogens with two attached hydrogens (primary N) is 1. The fourth-order valence-electron chi connectivity index (χ4n) is 1.04. The summed E-state index contributed by atoms with van der Waals surface area (Å²) in [5.74, 6) is 0.309. The molecule has 16 heavy (non-hydrogen) atoms. The van der Waals surface area contributed by atoms with Crippen LogP contribution in [-0.4, -0.2) is 47.8 Å². The SMILES string of the molecule is CSCC[C@H](N)C(O)(P(=O)(O)O)P(=O)(O)O.